The summed E-state index contributed by atoms with van der Waals surface area (Å²) in [5.41, 5.74) is 0.687. The van der Waals surface area contributed by atoms with Crippen molar-refractivity contribution in [1.82, 2.24) is 9.88 Å². The topological polar surface area (TPSA) is 64.1 Å². The van der Waals surface area contributed by atoms with Gasteiger partial charge in [0.25, 0.3) is 5.91 Å². The van der Waals surface area contributed by atoms with Crippen molar-refractivity contribution < 1.29 is 19.0 Å². The number of aromatic nitrogens is 1. The highest BCUT2D eigenvalue weighted by atomic mass is 32.1. The van der Waals surface area contributed by atoms with Gasteiger partial charge < -0.3 is 19.1 Å². The predicted octanol–water partition coefficient (Wildman–Crippen LogP) is 4.07. The highest BCUT2D eigenvalue weighted by Crippen LogP contribution is 2.40. The number of rotatable bonds is 11. The van der Waals surface area contributed by atoms with E-state index >= 15 is 0 Å². The van der Waals surface area contributed by atoms with Crippen LogP contribution >= 0.6 is 11.3 Å². The number of benzene rings is 2. The fourth-order valence-corrected chi connectivity index (χ4v) is 4.36. The van der Waals surface area contributed by atoms with Crippen molar-refractivity contribution >= 4 is 32.6 Å². The van der Waals surface area contributed by atoms with Gasteiger partial charge in [-0.05, 0) is 37.4 Å². The molecule has 0 aliphatic heterocycles. The highest BCUT2D eigenvalue weighted by molar-refractivity contribution is 7.22. The summed E-state index contributed by atoms with van der Waals surface area (Å²) < 4.78 is 17.5. The number of likely N-dealkylation sites (N-methyl/N-ethyl adjacent to an activating group) is 1. The van der Waals surface area contributed by atoms with Crippen LogP contribution in [-0.2, 0) is 4.79 Å². The Morgan fingerprint density at radius 3 is 2.29 bits per heavy atom. The van der Waals surface area contributed by atoms with E-state index in [1.165, 1.54) is 11.3 Å². The van der Waals surface area contributed by atoms with Crippen LogP contribution in [0, 0.1) is 0 Å². The van der Waals surface area contributed by atoms with Gasteiger partial charge in [-0.2, -0.15) is 0 Å². The lowest BCUT2D eigenvalue weighted by atomic mass is 10.3. The molecule has 1 amide bonds. The average molecular weight is 444 g/mol. The summed E-state index contributed by atoms with van der Waals surface area (Å²) in [6, 6.07) is 13.0. The summed E-state index contributed by atoms with van der Waals surface area (Å²) in [7, 11) is 3.23. The van der Waals surface area contributed by atoms with Gasteiger partial charge in [0.2, 0.25) is 0 Å². The Hall–Kier alpha value is -2.84. The molecule has 1 aromatic heterocycles. The predicted molar refractivity (Wildman–Crippen MR) is 125 cm³/mol. The van der Waals surface area contributed by atoms with Gasteiger partial charge in [0.05, 0.1) is 14.2 Å². The van der Waals surface area contributed by atoms with Gasteiger partial charge in [-0.1, -0.05) is 43.4 Å². The Bertz CT molecular complexity index is 948. The molecule has 7 nitrogen and oxygen atoms in total. The van der Waals surface area contributed by atoms with Crippen LogP contribution in [-0.4, -0.2) is 62.8 Å². The van der Waals surface area contributed by atoms with Gasteiger partial charge in [0, 0.05) is 13.1 Å². The van der Waals surface area contributed by atoms with Crippen LogP contribution in [0.3, 0.4) is 0 Å². The lowest BCUT2D eigenvalue weighted by Crippen LogP contribution is -2.41. The monoisotopic (exact) mass is 443 g/mol. The minimum absolute atomic E-state index is 0.0630. The standard InChI is InChI=1S/C23H29N3O4S/c1-5-25(6-2)14-15-26(20(27)16-30-17-10-8-7-9-11-17)23-24-21-18(28-3)12-13-19(29-4)22(21)31-23/h7-13H,5-6,14-16H2,1-4H3. The summed E-state index contributed by atoms with van der Waals surface area (Å²) in [5, 5.41) is 0.603. The van der Waals surface area contributed by atoms with Gasteiger partial charge in [0.1, 0.15) is 27.5 Å². The minimum Gasteiger partial charge on any atom is -0.495 e. The zero-order chi connectivity index (χ0) is 22.2. The van der Waals surface area contributed by atoms with Crippen LogP contribution in [0.1, 0.15) is 13.8 Å². The molecule has 0 aliphatic carbocycles. The molecule has 8 heteroatoms. The maximum Gasteiger partial charge on any atom is 0.266 e. The maximum atomic E-state index is 13.2. The molecular weight excluding hydrogens is 414 g/mol. The Labute approximate surface area is 187 Å². The third-order valence-corrected chi connectivity index (χ3v) is 6.16. The molecular formula is C23H29N3O4S. The number of ether oxygens (including phenoxy) is 3. The number of para-hydroxylation sites is 1. The zero-order valence-corrected chi connectivity index (χ0v) is 19.3. The molecule has 0 unspecified atom stereocenters. The largest absolute Gasteiger partial charge is 0.495 e. The van der Waals surface area contributed by atoms with E-state index in [0.29, 0.717) is 34.4 Å². The van der Waals surface area contributed by atoms with Crippen molar-refractivity contribution in [2.24, 2.45) is 0 Å². The van der Waals surface area contributed by atoms with Crippen LogP contribution in [0.5, 0.6) is 17.2 Å². The zero-order valence-electron chi connectivity index (χ0n) is 18.5. The molecule has 0 radical (unpaired) electrons. The molecule has 166 valence electrons. The molecule has 0 saturated heterocycles. The second-order valence-corrected chi connectivity index (χ2v) is 7.80. The van der Waals surface area contributed by atoms with Crippen molar-refractivity contribution in [3.05, 3.63) is 42.5 Å². The van der Waals surface area contributed by atoms with Crippen molar-refractivity contribution in [2.75, 3.05) is 51.9 Å². The first-order chi connectivity index (χ1) is 15.1. The third kappa shape index (κ3) is 5.45. The number of carbonyl (C=O) groups excluding carboxylic acids is 1. The number of hydrogen-bond acceptors (Lipinski definition) is 7. The fourth-order valence-electron chi connectivity index (χ4n) is 3.24. The van der Waals surface area contributed by atoms with Gasteiger partial charge in [-0.3, -0.25) is 9.69 Å². The van der Waals surface area contributed by atoms with Gasteiger partial charge in [-0.15, -0.1) is 0 Å². The Balaban J connectivity index is 1.90. The summed E-state index contributed by atoms with van der Waals surface area (Å²) in [6.07, 6.45) is 0. The molecule has 31 heavy (non-hydrogen) atoms. The Kier molecular flexibility index (Phi) is 8.08. The number of fused-ring (bicyclic) bond motifs is 1. The number of thiazole rings is 1. The third-order valence-electron chi connectivity index (χ3n) is 5.07. The lowest BCUT2D eigenvalue weighted by Gasteiger charge is -2.24. The first kappa shape index (κ1) is 22.8. The number of nitrogens with zero attached hydrogens (tertiary/aromatic N) is 3. The number of methoxy groups -OCH3 is 2. The van der Waals surface area contributed by atoms with E-state index < -0.39 is 0 Å². The number of anilines is 1. The second kappa shape index (κ2) is 11.0. The van der Waals surface area contributed by atoms with Crippen molar-refractivity contribution in [3.63, 3.8) is 0 Å². The molecule has 0 saturated carbocycles. The summed E-state index contributed by atoms with van der Waals surface area (Å²) >= 11 is 1.42. The molecule has 2 aromatic carbocycles. The van der Waals surface area contributed by atoms with Crippen molar-refractivity contribution in [3.8, 4) is 17.2 Å². The summed E-state index contributed by atoms with van der Waals surface area (Å²) in [4.78, 5) is 21.9. The van der Waals surface area contributed by atoms with Gasteiger partial charge in [-0.25, -0.2) is 4.98 Å². The smallest absolute Gasteiger partial charge is 0.266 e. The molecule has 0 fully saturated rings. The Morgan fingerprint density at radius 1 is 0.968 bits per heavy atom. The second-order valence-electron chi connectivity index (χ2n) is 6.82. The van der Waals surface area contributed by atoms with E-state index in [-0.39, 0.29) is 12.5 Å². The number of amides is 1. The van der Waals surface area contributed by atoms with E-state index in [4.69, 9.17) is 19.2 Å². The molecule has 3 rings (SSSR count). The molecule has 0 spiro atoms. The van der Waals surface area contributed by atoms with E-state index in [0.717, 1.165) is 24.3 Å². The first-order valence-corrected chi connectivity index (χ1v) is 11.1. The van der Waals surface area contributed by atoms with Crippen molar-refractivity contribution in [2.45, 2.75) is 13.8 Å². The molecule has 0 atom stereocenters. The fraction of sp³-hybridized carbons (Fsp3) is 0.391. The van der Waals surface area contributed by atoms with Crippen LogP contribution in [0.15, 0.2) is 42.5 Å². The SMILES string of the molecule is CCN(CC)CCN(C(=O)COc1ccccc1)c1nc2c(OC)ccc(OC)c2s1. The molecule has 0 N–H and O–H groups in total. The molecule has 1 heterocycles. The van der Waals surface area contributed by atoms with Crippen molar-refractivity contribution in [1.29, 1.82) is 0 Å². The molecule has 0 bridgehead atoms. The summed E-state index contributed by atoms with van der Waals surface area (Å²) in [6.45, 7) is 7.26. The number of carbonyl (C=O) groups is 1. The number of hydrogen-bond donors (Lipinski definition) is 0. The van der Waals surface area contributed by atoms with Crippen LogP contribution in [0.4, 0.5) is 5.13 Å². The van der Waals surface area contributed by atoms with E-state index in [2.05, 4.69) is 18.7 Å². The first-order valence-electron chi connectivity index (χ1n) is 10.3. The van der Waals surface area contributed by atoms with E-state index in [1.54, 1.807) is 19.1 Å². The van der Waals surface area contributed by atoms with Crippen LogP contribution < -0.4 is 19.1 Å². The van der Waals surface area contributed by atoms with Gasteiger partial charge >= 0.3 is 0 Å². The summed E-state index contributed by atoms with van der Waals surface area (Å²) in [5.74, 6) is 1.87. The molecule has 3 aromatic rings. The van der Waals surface area contributed by atoms with E-state index in [1.807, 2.05) is 42.5 Å². The average Bonchev–Trinajstić information content (AvgIpc) is 3.25. The maximum absolute atomic E-state index is 13.2. The van der Waals surface area contributed by atoms with Crippen LogP contribution in [0.2, 0.25) is 0 Å². The highest BCUT2D eigenvalue weighted by Gasteiger charge is 2.23. The Morgan fingerprint density at radius 2 is 1.65 bits per heavy atom. The van der Waals surface area contributed by atoms with Crippen LogP contribution in [0.25, 0.3) is 10.2 Å². The quantitative estimate of drug-likeness (QED) is 0.445. The van der Waals surface area contributed by atoms with E-state index in [9.17, 15) is 4.79 Å². The molecule has 0 aliphatic rings. The van der Waals surface area contributed by atoms with Gasteiger partial charge in [0.15, 0.2) is 11.7 Å². The lowest BCUT2D eigenvalue weighted by molar-refractivity contribution is -0.120. The normalized spacial score (nSPS) is 11.0. The minimum atomic E-state index is -0.145.